The van der Waals surface area contributed by atoms with Gasteiger partial charge in [-0.25, -0.2) is 0 Å². The first kappa shape index (κ1) is 14.8. The van der Waals surface area contributed by atoms with Crippen LogP contribution in [0.5, 0.6) is 0 Å². The quantitative estimate of drug-likeness (QED) is 0.635. The fraction of sp³-hybridized carbons (Fsp3) is 0.368. The van der Waals surface area contributed by atoms with Crippen molar-refractivity contribution < 1.29 is 4.74 Å². The lowest BCUT2D eigenvalue weighted by Crippen LogP contribution is -1.99. The zero-order valence-electron chi connectivity index (χ0n) is 12.5. The third-order valence-corrected chi connectivity index (χ3v) is 3.68. The van der Waals surface area contributed by atoms with Crippen molar-refractivity contribution in [2.45, 2.75) is 39.2 Å². The van der Waals surface area contributed by atoms with Gasteiger partial charge >= 0.3 is 0 Å². The van der Waals surface area contributed by atoms with Gasteiger partial charge in [-0.3, -0.25) is 0 Å². The third kappa shape index (κ3) is 4.82. The predicted octanol–water partition coefficient (Wildman–Crippen LogP) is 5.10. The predicted molar refractivity (Wildman–Crippen MR) is 84.9 cm³/mol. The molecule has 0 saturated carbocycles. The second kappa shape index (κ2) is 7.86. The molecule has 0 aliphatic carbocycles. The van der Waals surface area contributed by atoms with Gasteiger partial charge in [0, 0.05) is 6.61 Å². The minimum atomic E-state index is 0.607. The molecule has 1 heteroatoms. The number of aryl methyl sites for hydroxylation is 1. The molecule has 0 aromatic heterocycles. The van der Waals surface area contributed by atoms with Crippen molar-refractivity contribution in [3.8, 4) is 0 Å². The van der Waals surface area contributed by atoms with Crippen molar-refractivity contribution in [2.75, 3.05) is 6.61 Å². The monoisotopic (exact) mass is 268 g/mol. The Morgan fingerprint density at radius 1 is 0.950 bits per heavy atom. The van der Waals surface area contributed by atoms with Crippen LogP contribution in [0.2, 0.25) is 0 Å². The summed E-state index contributed by atoms with van der Waals surface area (Å²) in [4.78, 5) is 0. The van der Waals surface area contributed by atoms with Crippen LogP contribution in [-0.4, -0.2) is 6.61 Å². The molecule has 2 aromatic carbocycles. The second-order valence-electron chi connectivity index (χ2n) is 5.49. The highest BCUT2D eigenvalue weighted by atomic mass is 16.5. The van der Waals surface area contributed by atoms with Crippen molar-refractivity contribution in [3.05, 3.63) is 71.3 Å². The molecule has 0 saturated heterocycles. The maximum Gasteiger partial charge on any atom is 0.0716 e. The maximum atomic E-state index is 5.73. The molecule has 2 rings (SSSR count). The van der Waals surface area contributed by atoms with E-state index in [1.807, 2.05) is 6.07 Å². The average molecular weight is 268 g/mol. The van der Waals surface area contributed by atoms with Gasteiger partial charge in [0.05, 0.1) is 6.61 Å². The normalized spacial score (nSPS) is 12.3. The van der Waals surface area contributed by atoms with Crippen LogP contribution < -0.4 is 0 Å². The SMILES string of the molecule is Cc1ccc([C@@H](C)CCCOCc2ccccc2)cc1. The van der Waals surface area contributed by atoms with E-state index >= 15 is 0 Å². The molecule has 106 valence electrons. The van der Waals surface area contributed by atoms with Crippen LogP contribution in [0, 0.1) is 6.92 Å². The lowest BCUT2D eigenvalue weighted by Gasteiger charge is -2.12. The van der Waals surface area contributed by atoms with Crippen LogP contribution in [0.4, 0.5) is 0 Å². The molecule has 0 amide bonds. The van der Waals surface area contributed by atoms with Gasteiger partial charge in [-0.2, -0.15) is 0 Å². The number of ether oxygens (including phenoxy) is 1. The fourth-order valence-corrected chi connectivity index (χ4v) is 2.32. The summed E-state index contributed by atoms with van der Waals surface area (Å²) in [5.41, 5.74) is 4.00. The Bertz CT molecular complexity index is 487. The van der Waals surface area contributed by atoms with Crippen molar-refractivity contribution in [1.29, 1.82) is 0 Å². The zero-order chi connectivity index (χ0) is 14.2. The summed E-state index contributed by atoms with van der Waals surface area (Å²) in [6.45, 7) is 5.98. The summed E-state index contributed by atoms with van der Waals surface area (Å²) in [5.74, 6) is 0.607. The van der Waals surface area contributed by atoms with Crippen molar-refractivity contribution in [2.24, 2.45) is 0 Å². The number of hydrogen-bond donors (Lipinski definition) is 0. The Balaban J connectivity index is 1.64. The van der Waals surface area contributed by atoms with Crippen LogP contribution in [0.15, 0.2) is 54.6 Å². The van der Waals surface area contributed by atoms with Gasteiger partial charge in [-0.05, 0) is 36.8 Å². The molecule has 0 aliphatic heterocycles. The van der Waals surface area contributed by atoms with Crippen molar-refractivity contribution in [3.63, 3.8) is 0 Å². The summed E-state index contributed by atoms with van der Waals surface area (Å²) >= 11 is 0. The molecule has 1 atom stereocenters. The van der Waals surface area contributed by atoms with Gasteiger partial charge in [0.2, 0.25) is 0 Å². The van der Waals surface area contributed by atoms with E-state index in [9.17, 15) is 0 Å². The van der Waals surface area contributed by atoms with Crippen LogP contribution >= 0.6 is 0 Å². The molecule has 20 heavy (non-hydrogen) atoms. The lowest BCUT2D eigenvalue weighted by molar-refractivity contribution is 0.116. The van der Waals surface area contributed by atoms with Gasteiger partial charge in [-0.1, -0.05) is 67.1 Å². The highest BCUT2D eigenvalue weighted by Crippen LogP contribution is 2.20. The van der Waals surface area contributed by atoms with Crippen molar-refractivity contribution in [1.82, 2.24) is 0 Å². The van der Waals surface area contributed by atoms with Crippen LogP contribution in [0.1, 0.15) is 42.4 Å². The molecule has 0 unspecified atom stereocenters. The Labute approximate surface area is 122 Å². The first-order valence-electron chi connectivity index (χ1n) is 7.44. The summed E-state index contributed by atoms with van der Waals surface area (Å²) in [6.07, 6.45) is 2.29. The molecule has 2 aromatic rings. The van der Waals surface area contributed by atoms with Crippen molar-refractivity contribution >= 4 is 0 Å². The first-order chi connectivity index (χ1) is 9.75. The Morgan fingerprint density at radius 2 is 1.65 bits per heavy atom. The molecular formula is C19H24O. The molecule has 0 aliphatic rings. The van der Waals surface area contributed by atoms with E-state index in [1.165, 1.54) is 23.1 Å². The van der Waals surface area contributed by atoms with Crippen LogP contribution in [-0.2, 0) is 11.3 Å². The average Bonchev–Trinajstić information content (AvgIpc) is 2.48. The van der Waals surface area contributed by atoms with Crippen LogP contribution in [0.25, 0.3) is 0 Å². The van der Waals surface area contributed by atoms with Gasteiger partial charge in [0.1, 0.15) is 0 Å². The largest absolute Gasteiger partial charge is 0.377 e. The highest BCUT2D eigenvalue weighted by molar-refractivity contribution is 5.23. The van der Waals surface area contributed by atoms with Crippen LogP contribution in [0.3, 0.4) is 0 Å². The lowest BCUT2D eigenvalue weighted by atomic mass is 9.96. The molecule has 1 nitrogen and oxygen atoms in total. The zero-order valence-corrected chi connectivity index (χ0v) is 12.5. The Morgan fingerprint density at radius 3 is 2.35 bits per heavy atom. The summed E-state index contributed by atoms with van der Waals surface area (Å²) in [7, 11) is 0. The van der Waals surface area contributed by atoms with E-state index in [4.69, 9.17) is 4.74 Å². The topological polar surface area (TPSA) is 9.23 Å². The van der Waals surface area contributed by atoms with E-state index in [2.05, 4.69) is 62.4 Å². The standard InChI is InChI=1S/C19H24O/c1-16-10-12-19(13-11-16)17(2)7-6-14-20-15-18-8-4-3-5-9-18/h3-5,8-13,17H,6-7,14-15H2,1-2H3/t17-/m0/s1. The highest BCUT2D eigenvalue weighted by Gasteiger charge is 2.04. The van der Waals surface area contributed by atoms with Gasteiger partial charge in [-0.15, -0.1) is 0 Å². The minimum absolute atomic E-state index is 0.607. The molecule has 0 N–H and O–H groups in total. The number of hydrogen-bond acceptors (Lipinski definition) is 1. The summed E-state index contributed by atoms with van der Waals surface area (Å²) < 4.78 is 5.73. The molecule has 0 fully saturated rings. The number of rotatable bonds is 7. The van der Waals surface area contributed by atoms with Gasteiger partial charge < -0.3 is 4.74 Å². The minimum Gasteiger partial charge on any atom is -0.377 e. The van der Waals surface area contributed by atoms with Gasteiger partial charge in [0.15, 0.2) is 0 Å². The molecular weight excluding hydrogens is 244 g/mol. The summed E-state index contributed by atoms with van der Waals surface area (Å²) in [5, 5.41) is 0. The molecule has 0 heterocycles. The van der Waals surface area contributed by atoms with E-state index in [0.717, 1.165) is 19.6 Å². The fourth-order valence-electron chi connectivity index (χ4n) is 2.32. The Hall–Kier alpha value is -1.60. The molecule has 0 spiro atoms. The van der Waals surface area contributed by atoms with E-state index in [1.54, 1.807) is 0 Å². The van der Waals surface area contributed by atoms with E-state index < -0.39 is 0 Å². The molecule has 0 radical (unpaired) electrons. The second-order valence-corrected chi connectivity index (χ2v) is 5.49. The van der Waals surface area contributed by atoms with Gasteiger partial charge in [0.25, 0.3) is 0 Å². The van der Waals surface area contributed by atoms with E-state index in [0.29, 0.717) is 5.92 Å². The first-order valence-corrected chi connectivity index (χ1v) is 7.44. The number of benzene rings is 2. The van der Waals surface area contributed by atoms with E-state index in [-0.39, 0.29) is 0 Å². The third-order valence-electron chi connectivity index (χ3n) is 3.68. The maximum absolute atomic E-state index is 5.73. The smallest absolute Gasteiger partial charge is 0.0716 e. The molecule has 0 bridgehead atoms. The summed E-state index contributed by atoms with van der Waals surface area (Å²) in [6, 6.07) is 19.2. The Kier molecular flexibility index (Phi) is 5.82.